The van der Waals surface area contributed by atoms with E-state index in [1.165, 1.54) is 12.1 Å². The van der Waals surface area contributed by atoms with Gasteiger partial charge < -0.3 is 0 Å². The van der Waals surface area contributed by atoms with Gasteiger partial charge in [-0.3, -0.25) is 20.3 Å². The van der Waals surface area contributed by atoms with E-state index >= 15 is 0 Å². The molecule has 0 spiro atoms. The quantitative estimate of drug-likeness (QED) is 0.292. The van der Waals surface area contributed by atoms with Gasteiger partial charge in [0.25, 0.3) is 15.7 Å². The van der Waals surface area contributed by atoms with Crippen LogP contribution in [0.3, 0.4) is 0 Å². The number of rotatable bonds is 7. The first kappa shape index (κ1) is 23.0. The van der Waals surface area contributed by atoms with Crippen molar-refractivity contribution in [3.8, 4) is 0 Å². The first-order valence-electron chi connectivity index (χ1n) is 9.82. The molecule has 0 saturated heterocycles. The molecule has 0 bridgehead atoms. The van der Waals surface area contributed by atoms with Crippen LogP contribution in [0.25, 0.3) is 0 Å². The molecule has 32 heavy (non-hydrogen) atoms. The number of aryl methyl sites for hydroxylation is 3. The molecule has 0 aliphatic rings. The lowest BCUT2D eigenvalue weighted by Crippen LogP contribution is -2.14. The van der Waals surface area contributed by atoms with Crippen molar-refractivity contribution in [2.75, 3.05) is 10.1 Å². The van der Waals surface area contributed by atoms with Crippen LogP contribution >= 0.6 is 0 Å². The molecule has 9 heteroatoms. The van der Waals surface area contributed by atoms with Crippen LogP contribution in [0.15, 0.2) is 70.7 Å². The fourth-order valence-electron chi connectivity index (χ4n) is 3.06. The Morgan fingerprint density at radius 2 is 1.53 bits per heavy atom. The SMILES string of the molecule is CC(=NNc1ccc(S(=O)(=O)Nc2ccc(C)cc2C)cc1[N+](=O)[O-])c1ccc(C)cc1. The first-order valence-corrected chi connectivity index (χ1v) is 11.3. The normalized spacial score (nSPS) is 11.8. The van der Waals surface area contributed by atoms with Crippen molar-refractivity contribution in [1.29, 1.82) is 0 Å². The molecule has 0 atom stereocenters. The molecule has 0 heterocycles. The maximum Gasteiger partial charge on any atom is 0.295 e. The predicted octanol–water partition coefficient (Wildman–Crippen LogP) is 5.16. The molecule has 0 aliphatic carbocycles. The lowest BCUT2D eigenvalue weighted by molar-refractivity contribution is -0.384. The summed E-state index contributed by atoms with van der Waals surface area (Å²) >= 11 is 0. The molecule has 3 aromatic carbocycles. The van der Waals surface area contributed by atoms with Gasteiger partial charge in [-0.05, 0) is 57.0 Å². The van der Waals surface area contributed by atoms with Crippen LogP contribution in [-0.2, 0) is 10.0 Å². The molecule has 0 saturated carbocycles. The van der Waals surface area contributed by atoms with Crippen molar-refractivity contribution >= 4 is 32.8 Å². The van der Waals surface area contributed by atoms with Gasteiger partial charge in [0, 0.05) is 6.07 Å². The van der Waals surface area contributed by atoms with Crippen molar-refractivity contribution in [1.82, 2.24) is 0 Å². The van der Waals surface area contributed by atoms with E-state index in [-0.39, 0.29) is 10.6 Å². The monoisotopic (exact) mass is 452 g/mol. The van der Waals surface area contributed by atoms with E-state index in [0.717, 1.165) is 28.3 Å². The predicted molar refractivity (Wildman–Crippen MR) is 127 cm³/mol. The maximum absolute atomic E-state index is 12.8. The summed E-state index contributed by atoms with van der Waals surface area (Å²) in [6.07, 6.45) is 0. The minimum Gasteiger partial charge on any atom is -0.279 e. The number of nitrogens with zero attached hydrogens (tertiary/aromatic N) is 2. The van der Waals surface area contributed by atoms with Crippen LogP contribution in [0, 0.1) is 30.9 Å². The smallest absolute Gasteiger partial charge is 0.279 e. The fraction of sp³-hybridized carbons (Fsp3) is 0.174. The Hall–Kier alpha value is -3.72. The van der Waals surface area contributed by atoms with E-state index in [1.807, 2.05) is 44.2 Å². The number of benzene rings is 3. The van der Waals surface area contributed by atoms with E-state index < -0.39 is 20.6 Å². The Morgan fingerprint density at radius 1 is 0.906 bits per heavy atom. The highest BCUT2D eigenvalue weighted by molar-refractivity contribution is 7.92. The molecule has 166 valence electrons. The molecule has 0 fully saturated rings. The van der Waals surface area contributed by atoms with Gasteiger partial charge in [0.15, 0.2) is 0 Å². The molecular formula is C23H24N4O4S. The van der Waals surface area contributed by atoms with Gasteiger partial charge in [0.05, 0.1) is 21.2 Å². The number of anilines is 2. The van der Waals surface area contributed by atoms with Gasteiger partial charge in [0.1, 0.15) is 5.69 Å². The van der Waals surface area contributed by atoms with Gasteiger partial charge in [0.2, 0.25) is 0 Å². The zero-order valence-corrected chi connectivity index (χ0v) is 19.0. The summed E-state index contributed by atoms with van der Waals surface area (Å²) in [5, 5.41) is 15.8. The third-order valence-electron chi connectivity index (χ3n) is 4.92. The lowest BCUT2D eigenvalue weighted by Gasteiger charge is -2.12. The molecule has 3 rings (SSSR count). The Kier molecular flexibility index (Phi) is 6.59. The topological polar surface area (TPSA) is 114 Å². The Balaban J connectivity index is 1.89. The summed E-state index contributed by atoms with van der Waals surface area (Å²) in [6, 6.07) is 16.6. The average molecular weight is 453 g/mol. The maximum atomic E-state index is 12.8. The zero-order valence-electron chi connectivity index (χ0n) is 18.2. The number of nitrogens with one attached hydrogen (secondary N) is 2. The van der Waals surface area contributed by atoms with Crippen molar-refractivity contribution in [3.05, 3.63) is 93.0 Å². The molecule has 0 unspecified atom stereocenters. The number of nitro groups is 1. The summed E-state index contributed by atoms with van der Waals surface area (Å²) in [5.41, 5.74) is 7.15. The standard InChI is InChI=1S/C23H24N4O4S/c1-15-5-8-19(9-6-15)18(4)24-25-22-12-10-20(14-23(22)27(28)29)32(30,31)26-21-11-7-16(2)13-17(21)3/h5-14,25-26H,1-4H3. The van der Waals surface area contributed by atoms with Crippen LogP contribution in [0.5, 0.6) is 0 Å². The highest BCUT2D eigenvalue weighted by Gasteiger charge is 2.22. The molecule has 0 amide bonds. The van der Waals surface area contributed by atoms with Crippen molar-refractivity contribution in [2.24, 2.45) is 5.10 Å². The van der Waals surface area contributed by atoms with E-state index in [2.05, 4.69) is 15.2 Å². The van der Waals surface area contributed by atoms with E-state index in [4.69, 9.17) is 0 Å². The van der Waals surface area contributed by atoms with Crippen LogP contribution in [0.4, 0.5) is 17.1 Å². The molecule has 0 radical (unpaired) electrons. The summed E-state index contributed by atoms with van der Waals surface area (Å²) < 4.78 is 28.1. The zero-order chi connectivity index (χ0) is 23.5. The minimum atomic E-state index is -4.02. The Morgan fingerprint density at radius 3 is 2.16 bits per heavy atom. The number of hydrogen-bond acceptors (Lipinski definition) is 6. The second kappa shape index (κ2) is 9.19. The van der Waals surface area contributed by atoms with Gasteiger partial charge in [-0.15, -0.1) is 0 Å². The van der Waals surface area contributed by atoms with E-state index in [0.29, 0.717) is 11.4 Å². The molecule has 3 aromatic rings. The summed E-state index contributed by atoms with van der Waals surface area (Å²) in [5.74, 6) is 0. The highest BCUT2D eigenvalue weighted by Crippen LogP contribution is 2.29. The largest absolute Gasteiger partial charge is 0.295 e. The first-order chi connectivity index (χ1) is 15.1. The lowest BCUT2D eigenvalue weighted by atomic mass is 10.1. The number of hydrazone groups is 1. The minimum absolute atomic E-state index is 0.0897. The number of nitro benzene ring substituents is 1. The second-order valence-corrected chi connectivity index (χ2v) is 9.22. The van der Waals surface area contributed by atoms with Crippen LogP contribution in [0.2, 0.25) is 0 Å². The number of sulfonamides is 1. The van der Waals surface area contributed by atoms with Gasteiger partial charge >= 0.3 is 0 Å². The molecule has 8 nitrogen and oxygen atoms in total. The van der Waals surface area contributed by atoms with Crippen LogP contribution in [-0.4, -0.2) is 19.1 Å². The van der Waals surface area contributed by atoms with Gasteiger partial charge in [-0.1, -0.05) is 47.5 Å². The highest BCUT2D eigenvalue weighted by atomic mass is 32.2. The van der Waals surface area contributed by atoms with Crippen molar-refractivity contribution < 1.29 is 13.3 Å². The third-order valence-corrected chi connectivity index (χ3v) is 6.28. The molecule has 0 aromatic heterocycles. The van der Waals surface area contributed by atoms with Crippen molar-refractivity contribution in [3.63, 3.8) is 0 Å². The third kappa shape index (κ3) is 5.30. The van der Waals surface area contributed by atoms with Crippen LogP contribution < -0.4 is 10.1 Å². The molecular weight excluding hydrogens is 428 g/mol. The van der Waals surface area contributed by atoms with E-state index in [9.17, 15) is 18.5 Å². The second-order valence-electron chi connectivity index (χ2n) is 7.53. The molecule has 0 aliphatic heterocycles. The van der Waals surface area contributed by atoms with Crippen molar-refractivity contribution in [2.45, 2.75) is 32.6 Å². The average Bonchev–Trinajstić information content (AvgIpc) is 2.74. The van der Waals surface area contributed by atoms with Gasteiger partial charge in [-0.25, -0.2) is 8.42 Å². The summed E-state index contributed by atoms with van der Waals surface area (Å²) in [7, 11) is -4.02. The van der Waals surface area contributed by atoms with E-state index in [1.54, 1.807) is 26.0 Å². The summed E-state index contributed by atoms with van der Waals surface area (Å²) in [4.78, 5) is 10.7. The Bertz CT molecular complexity index is 1300. The fourth-order valence-corrected chi connectivity index (χ4v) is 4.21. The molecule has 2 N–H and O–H groups in total. The Labute approximate surface area is 187 Å². The van der Waals surface area contributed by atoms with Crippen LogP contribution in [0.1, 0.15) is 29.2 Å². The summed E-state index contributed by atoms with van der Waals surface area (Å²) in [6.45, 7) is 7.44. The van der Waals surface area contributed by atoms with Gasteiger partial charge in [-0.2, -0.15) is 5.10 Å². The number of hydrogen-bond donors (Lipinski definition) is 2.